The lowest BCUT2D eigenvalue weighted by Gasteiger charge is -2.19. The fraction of sp³-hybridized carbons (Fsp3) is 0.129. The summed E-state index contributed by atoms with van der Waals surface area (Å²) in [4.78, 5) is 13.3. The molecule has 0 saturated heterocycles. The number of ether oxygens (including phenoxy) is 5. The van der Waals surface area contributed by atoms with Gasteiger partial charge in [-0.25, -0.2) is 9.80 Å². The lowest BCUT2D eigenvalue weighted by Crippen LogP contribution is -2.40. The van der Waals surface area contributed by atoms with Crippen molar-refractivity contribution in [1.29, 1.82) is 0 Å². The van der Waals surface area contributed by atoms with E-state index in [0.29, 0.717) is 39.9 Å². The molecule has 6 rings (SSSR count). The molecule has 9 nitrogen and oxygen atoms in total. The van der Waals surface area contributed by atoms with Crippen molar-refractivity contribution in [2.45, 2.75) is 13.2 Å². The molecule has 2 amide bonds. The number of urea groups is 1. The quantitative estimate of drug-likeness (QED) is 0.192. The third kappa shape index (κ3) is 6.56. The first-order chi connectivity index (χ1) is 21.3. The van der Waals surface area contributed by atoms with Gasteiger partial charge in [0.15, 0.2) is 11.5 Å². The van der Waals surface area contributed by atoms with Crippen molar-refractivity contribution < 1.29 is 46.0 Å². The van der Waals surface area contributed by atoms with Gasteiger partial charge >= 0.3 is 19.3 Å². The fourth-order valence-corrected chi connectivity index (χ4v) is 4.59. The van der Waals surface area contributed by atoms with E-state index in [4.69, 9.17) is 14.2 Å². The molecule has 2 N–H and O–H groups in total. The van der Waals surface area contributed by atoms with Crippen LogP contribution in [0.25, 0.3) is 11.3 Å². The smallest absolute Gasteiger partial charge is 0.387 e. The Labute approximate surface area is 248 Å². The Balaban J connectivity index is 1.15. The van der Waals surface area contributed by atoms with Crippen LogP contribution in [0, 0.1) is 0 Å². The number of carbonyl (C=O) groups is 1. The molecule has 0 aromatic heterocycles. The maximum atomic E-state index is 13.3. The molecule has 0 radical (unpaired) electrons. The fourth-order valence-electron chi connectivity index (χ4n) is 4.59. The molecule has 2 aliphatic heterocycles. The van der Waals surface area contributed by atoms with Crippen molar-refractivity contribution in [2.24, 2.45) is 0 Å². The standard InChI is InChI=1S/C31H23F4N3O6/c32-29(33)43-23-6-1-18(2-7-23)28-25(19-3-14-26-27(15-19)41-17-40-26)16-38(37-28)31(39)36-20-4-8-21(9-5-20)42-22-10-12-24(13-11-22)44-30(34)35/h1-15,29-30,37H,16-17H2,(H,36,39). The molecule has 0 fully saturated rings. The van der Waals surface area contributed by atoms with Gasteiger partial charge in [-0.1, -0.05) is 6.07 Å². The molecule has 2 aliphatic rings. The summed E-state index contributed by atoms with van der Waals surface area (Å²) >= 11 is 0. The Hall–Kier alpha value is -5.59. The number of hydrazine groups is 1. The summed E-state index contributed by atoms with van der Waals surface area (Å²) in [6.07, 6.45) is 0. The van der Waals surface area contributed by atoms with Crippen LogP contribution in [0.3, 0.4) is 0 Å². The highest BCUT2D eigenvalue weighted by molar-refractivity contribution is 5.98. The number of anilines is 1. The summed E-state index contributed by atoms with van der Waals surface area (Å²) in [5.74, 6) is 2.06. The highest BCUT2D eigenvalue weighted by Crippen LogP contribution is 2.38. The average molecular weight is 610 g/mol. The van der Waals surface area contributed by atoms with Crippen LogP contribution < -0.4 is 34.4 Å². The number of hydrogen-bond donors (Lipinski definition) is 2. The second-order valence-electron chi connectivity index (χ2n) is 9.43. The van der Waals surface area contributed by atoms with Gasteiger partial charge in [-0.2, -0.15) is 17.6 Å². The summed E-state index contributed by atoms with van der Waals surface area (Å²) < 4.78 is 75.5. The van der Waals surface area contributed by atoms with Crippen LogP contribution in [0.15, 0.2) is 91.0 Å². The highest BCUT2D eigenvalue weighted by Gasteiger charge is 2.29. The van der Waals surface area contributed by atoms with Gasteiger partial charge in [0.05, 0.1) is 12.2 Å². The van der Waals surface area contributed by atoms with Gasteiger partial charge in [0.1, 0.15) is 23.0 Å². The number of halogens is 4. The van der Waals surface area contributed by atoms with Crippen LogP contribution in [0.4, 0.5) is 28.0 Å². The third-order valence-electron chi connectivity index (χ3n) is 6.59. The molecule has 0 saturated carbocycles. The van der Waals surface area contributed by atoms with Gasteiger partial charge < -0.3 is 29.0 Å². The molecule has 13 heteroatoms. The summed E-state index contributed by atoms with van der Waals surface area (Å²) in [6, 6.07) is 23.3. The van der Waals surface area contributed by atoms with Crippen molar-refractivity contribution >= 4 is 23.0 Å². The van der Waals surface area contributed by atoms with E-state index >= 15 is 0 Å². The first-order valence-electron chi connectivity index (χ1n) is 13.2. The SMILES string of the molecule is O=C(Nc1ccc(Oc2ccc(OC(F)F)cc2)cc1)N1CC(c2ccc3c(c2)OCO3)=C(c2ccc(OC(F)F)cc2)N1. The maximum absolute atomic E-state index is 13.3. The van der Waals surface area contributed by atoms with E-state index in [1.807, 2.05) is 12.1 Å². The number of rotatable bonds is 9. The Kier molecular flexibility index (Phi) is 8.00. The van der Waals surface area contributed by atoms with Crippen molar-refractivity contribution in [2.75, 3.05) is 18.7 Å². The van der Waals surface area contributed by atoms with Crippen LogP contribution in [0.1, 0.15) is 11.1 Å². The second-order valence-corrected chi connectivity index (χ2v) is 9.43. The topological polar surface area (TPSA) is 90.5 Å². The lowest BCUT2D eigenvalue weighted by molar-refractivity contribution is -0.0505. The van der Waals surface area contributed by atoms with Crippen LogP contribution in [-0.4, -0.2) is 37.6 Å². The lowest BCUT2D eigenvalue weighted by atomic mass is 10.00. The summed E-state index contributed by atoms with van der Waals surface area (Å²) in [5.41, 5.74) is 6.37. The number of fused-ring (bicyclic) bond motifs is 1. The van der Waals surface area contributed by atoms with Crippen molar-refractivity contribution in [3.8, 4) is 34.5 Å². The summed E-state index contributed by atoms with van der Waals surface area (Å²) in [6.45, 7) is -5.59. The predicted octanol–water partition coefficient (Wildman–Crippen LogP) is 7.33. The molecule has 4 aromatic rings. The Morgan fingerprint density at radius 1 is 0.727 bits per heavy atom. The number of nitrogens with zero attached hydrogens (tertiary/aromatic N) is 1. The molecule has 44 heavy (non-hydrogen) atoms. The van der Waals surface area contributed by atoms with E-state index in [1.165, 1.54) is 41.4 Å². The number of amides is 2. The summed E-state index contributed by atoms with van der Waals surface area (Å²) in [5, 5.41) is 4.20. The molecular weight excluding hydrogens is 586 g/mol. The number of hydrogen-bond acceptors (Lipinski definition) is 7. The Morgan fingerprint density at radius 2 is 1.27 bits per heavy atom. The highest BCUT2D eigenvalue weighted by atomic mass is 19.3. The largest absolute Gasteiger partial charge is 0.457 e. The van der Waals surface area contributed by atoms with Crippen molar-refractivity contribution in [1.82, 2.24) is 10.4 Å². The normalized spacial score (nSPS) is 13.7. The molecule has 0 aliphatic carbocycles. The van der Waals surface area contributed by atoms with Gasteiger partial charge in [-0.05, 0) is 90.5 Å². The van der Waals surface area contributed by atoms with Gasteiger partial charge in [0.25, 0.3) is 0 Å². The Bertz CT molecular complexity index is 1670. The number of benzene rings is 4. The van der Waals surface area contributed by atoms with Gasteiger partial charge in [-0.15, -0.1) is 0 Å². The monoisotopic (exact) mass is 609 g/mol. The zero-order valence-corrected chi connectivity index (χ0v) is 22.6. The van der Waals surface area contributed by atoms with Gasteiger partial charge in [-0.3, -0.25) is 5.43 Å². The molecule has 226 valence electrons. The molecule has 0 bridgehead atoms. The predicted molar refractivity (Wildman–Crippen MR) is 151 cm³/mol. The number of alkyl halides is 4. The van der Waals surface area contributed by atoms with E-state index < -0.39 is 19.3 Å². The molecule has 4 aromatic carbocycles. The van der Waals surface area contributed by atoms with Crippen LogP contribution in [0.5, 0.6) is 34.5 Å². The Morgan fingerprint density at radius 3 is 1.91 bits per heavy atom. The van der Waals surface area contributed by atoms with E-state index in [2.05, 4.69) is 20.2 Å². The minimum Gasteiger partial charge on any atom is -0.457 e. The van der Waals surface area contributed by atoms with Crippen molar-refractivity contribution in [3.05, 3.63) is 102 Å². The molecule has 0 atom stereocenters. The van der Waals surface area contributed by atoms with Crippen LogP contribution in [0.2, 0.25) is 0 Å². The minimum absolute atomic E-state index is 0.00627. The zero-order chi connectivity index (χ0) is 30.6. The minimum atomic E-state index is -2.95. The van der Waals surface area contributed by atoms with Crippen LogP contribution in [-0.2, 0) is 0 Å². The first kappa shape index (κ1) is 28.5. The maximum Gasteiger partial charge on any atom is 0.387 e. The summed E-state index contributed by atoms with van der Waals surface area (Å²) in [7, 11) is 0. The third-order valence-corrected chi connectivity index (χ3v) is 6.59. The number of carbonyl (C=O) groups excluding carboxylic acids is 1. The van der Waals surface area contributed by atoms with E-state index in [0.717, 1.165) is 11.1 Å². The zero-order valence-electron chi connectivity index (χ0n) is 22.6. The number of nitrogens with one attached hydrogen (secondary N) is 2. The second kappa shape index (κ2) is 12.3. The van der Waals surface area contributed by atoms with E-state index in [9.17, 15) is 22.4 Å². The van der Waals surface area contributed by atoms with Gasteiger partial charge in [0.2, 0.25) is 6.79 Å². The molecule has 0 unspecified atom stereocenters. The molecular formula is C31H23F4N3O6. The van der Waals surface area contributed by atoms with E-state index in [-0.39, 0.29) is 24.8 Å². The van der Waals surface area contributed by atoms with Gasteiger partial charge in [0, 0.05) is 16.8 Å². The van der Waals surface area contributed by atoms with E-state index in [1.54, 1.807) is 42.5 Å². The first-order valence-corrected chi connectivity index (χ1v) is 13.2. The van der Waals surface area contributed by atoms with Crippen molar-refractivity contribution in [3.63, 3.8) is 0 Å². The molecule has 0 spiro atoms. The average Bonchev–Trinajstić information content (AvgIpc) is 3.66. The van der Waals surface area contributed by atoms with Crippen LogP contribution >= 0.6 is 0 Å². The molecule has 2 heterocycles.